The predicted molar refractivity (Wildman–Crippen MR) is 71.1 cm³/mol. The number of rotatable bonds is 3. The Balaban J connectivity index is 2.42. The van der Waals surface area contributed by atoms with E-state index in [0.717, 1.165) is 6.07 Å². The zero-order valence-corrected chi connectivity index (χ0v) is 11.6. The predicted octanol–water partition coefficient (Wildman–Crippen LogP) is -0.108. The molecular weight excluding hydrogens is 304 g/mol. The van der Waals surface area contributed by atoms with Crippen molar-refractivity contribution in [2.24, 2.45) is 5.14 Å². The van der Waals surface area contributed by atoms with E-state index in [-0.39, 0.29) is 17.0 Å². The molecule has 10 nitrogen and oxygen atoms in total. The molecular formula is C10H12N4O6S. The molecule has 1 aromatic rings. The van der Waals surface area contributed by atoms with Crippen LogP contribution in [0.3, 0.4) is 0 Å². The van der Waals surface area contributed by atoms with Crippen molar-refractivity contribution in [2.45, 2.75) is 17.5 Å². The van der Waals surface area contributed by atoms with Gasteiger partial charge >= 0.3 is 6.09 Å². The highest BCUT2D eigenvalue weighted by molar-refractivity contribution is 7.89. The van der Waals surface area contributed by atoms with Crippen LogP contribution in [-0.4, -0.2) is 32.7 Å². The number of fused-ring (bicyclic) bond motifs is 1. The topological polar surface area (TPSA) is 154 Å². The number of alkyl carbamates (subject to hydrolysis) is 1. The van der Waals surface area contributed by atoms with Crippen LogP contribution in [0.2, 0.25) is 0 Å². The lowest BCUT2D eigenvalue weighted by Gasteiger charge is -2.11. The zero-order chi connectivity index (χ0) is 15.8. The molecule has 0 spiro atoms. The molecule has 1 unspecified atom stereocenters. The average molecular weight is 316 g/mol. The van der Waals surface area contributed by atoms with E-state index >= 15 is 0 Å². The minimum atomic E-state index is -4.07. The number of ether oxygens (including phenoxy) is 1. The Bertz CT molecular complexity index is 717. The molecule has 2 rings (SSSR count). The molecule has 0 bridgehead atoms. The summed E-state index contributed by atoms with van der Waals surface area (Å²) in [4.78, 5) is 21.1. The summed E-state index contributed by atoms with van der Waals surface area (Å²) in [5.74, 6) is 0. The van der Waals surface area contributed by atoms with E-state index in [4.69, 9.17) is 5.14 Å². The normalized spacial score (nSPS) is 16.8. The molecule has 0 fully saturated rings. The highest BCUT2D eigenvalue weighted by atomic mass is 32.2. The summed E-state index contributed by atoms with van der Waals surface area (Å²) in [5, 5.41) is 21.2. The van der Waals surface area contributed by atoms with E-state index in [2.05, 4.69) is 15.4 Å². The summed E-state index contributed by atoms with van der Waals surface area (Å²) < 4.78 is 27.1. The minimum Gasteiger partial charge on any atom is -0.453 e. The molecule has 1 amide bonds. The Hall–Kier alpha value is -2.40. The van der Waals surface area contributed by atoms with Crippen LogP contribution >= 0.6 is 0 Å². The summed E-state index contributed by atoms with van der Waals surface area (Å²) in [5.41, 5.74) is 0.0918. The van der Waals surface area contributed by atoms with Crippen molar-refractivity contribution >= 4 is 27.5 Å². The van der Waals surface area contributed by atoms with Gasteiger partial charge in [-0.2, -0.15) is 0 Å². The number of carbonyl (C=O) groups is 1. The second-order valence-electron chi connectivity index (χ2n) is 4.32. The molecule has 0 radical (unpaired) electrons. The largest absolute Gasteiger partial charge is 0.453 e. The SMILES string of the molecule is COC(=O)NC1Cc2cc(S(N)(=O)=O)cc([N+](=O)[O-])c2N1. The minimum absolute atomic E-state index is 0.147. The fourth-order valence-corrected chi connectivity index (χ4v) is 2.61. The summed E-state index contributed by atoms with van der Waals surface area (Å²) in [6.07, 6.45) is -1.19. The summed E-state index contributed by atoms with van der Waals surface area (Å²) in [6, 6.07) is 2.12. The number of hydrogen-bond acceptors (Lipinski definition) is 7. The first-order chi connectivity index (χ1) is 9.72. The van der Waals surface area contributed by atoms with Gasteiger partial charge in [0.1, 0.15) is 11.9 Å². The lowest BCUT2D eigenvalue weighted by Crippen LogP contribution is -2.38. The second-order valence-corrected chi connectivity index (χ2v) is 5.88. The number of nitro groups is 1. The van der Waals surface area contributed by atoms with Gasteiger partial charge in [0, 0.05) is 12.5 Å². The molecule has 1 atom stereocenters. The van der Waals surface area contributed by atoms with E-state index in [1.165, 1.54) is 13.2 Å². The molecule has 1 aliphatic heterocycles. The standard InChI is InChI=1S/C10H12N4O6S/c1-20-10(15)13-8-3-5-2-6(21(11,18)19)4-7(14(16)17)9(5)12-8/h2,4,8,12H,3H2,1H3,(H,13,15)(H2,11,18,19). The smallest absolute Gasteiger partial charge is 0.408 e. The van der Waals surface area contributed by atoms with Gasteiger partial charge < -0.3 is 15.4 Å². The summed E-state index contributed by atoms with van der Waals surface area (Å²) >= 11 is 0. The van der Waals surface area contributed by atoms with E-state index in [9.17, 15) is 23.3 Å². The first-order valence-electron chi connectivity index (χ1n) is 5.67. The maximum Gasteiger partial charge on any atom is 0.408 e. The lowest BCUT2D eigenvalue weighted by atomic mass is 10.1. The van der Waals surface area contributed by atoms with Crippen molar-refractivity contribution in [1.29, 1.82) is 0 Å². The molecule has 1 heterocycles. The molecule has 21 heavy (non-hydrogen) atoms. The second kappa shape index (κ2) is 5.18. The van der Waals surface area contributed by atoms with Gasteiger partial charge in [0.25, 0.3) is 5.69 Å². The molecule has 0 aromatic heterocycles. The fraction of sp³-hybridized carbons (Fsp3) is 0.300. The highest BCUT2D eigenvalue weighted by Gasteiger charge is 2.31. The van der Waals surface area contributed by atoms with E-state index in [1.54, 1.807) is 0 Å². The Morgan fingerprint density at radius 3 is 2.76 bits per heavy atom. The fourth-order valence-electron chi connectivity index (χ4n) is 2.03. The molecule has 11 heteroatoms. The van der Waals surface area contributed by atoms with Gasteiger partial charge in [-0.25, -0.2) is 18.4 Å². The number of hydrogen-bond donors (Lipinski definition) is 3. The zero-order valence-electron chi connectivity index (χ0n) is 10.8. The third kappa shape index (κ3) is 3.03. The first-order valence-corrected chi connectivity index (χ1v) is 7.22. The van der Waals surface area contributed by atoms with Crippen LogP contribution in [0.4, 0.5) is 16.2 Å². The van der Waals surface area contributed by atoms with Crippen molar-refractivity contribution in [3.05, 3.63) is 27.8 Å². The van der Waals surface area contributed by atoms with Gasteiger partial charge in [-0.15, -0.1) is 0 Å². The van der Waals surface area contributed by atoms with Crippen LogP contribution in [0.1, 0.15) is 5.56 Å². The van der Waals surface area contributed by atoms with Gasteiger partial charge in [0.2, 0.25) is 10.0 Å². The monoisotopic (exact) mass is 316 g/mol. The number of anilines is 1. The quantitative estimate of drug-likeness (QED) is 0.519. The van der Waals surface area contributed by atoms with Crippen molar-refractivity contribution in [1.82, 2.24) is 5.32 Å². The van der Waals surface area contributed by atoms with Gasteiger partial charge in [-0.05, 0) is 11.6 Å². The number of primary sulfonamides is 1. The number of nitrogens with one attached hydrogen (secondary N) is 2. The van der Waals surface area contributed by atoms with Crippen LogP contribution in [0.25, 0.3) is 0 Å². The Morgan fingerprint density at radius 1 is 1.57 bits per heavy atom. The molecule has 1 aliphatic rings. The van der Waals surface area contributed by atoms with Crippen molar-refractivity contribution in [2.75, 3.05) is 12.4 Å². The number of carbonyl (C=O) groups excluding carboxylic acids is 1. The maximum atomic E-state index is 11.4. The van der Waals surface area contributed by atoms with E-state index in [0.29, 0.717) is 5.56 Å². The Kier molecular flexibility index (Phi) is 3.70. The van der Waals surface area contributed by atoms with Crippen LogP contribution in [0.15, 0.2) is 17.0 Å². The number of nitrogens with zero attached hydrogens (tertiary/aromatic N) is 1. The third-order valence-corrected chi connectivity index (χ3v) is 3.81. The van der Waals surface area contributed by atoms with Crippen molar-refractivity contribution < 1.29 is 22.9 Å². The van der Waals surface area contributed by atoms with E-state index < -0.39 is 32.9 Å². The number of methoxy groups -OCH3 is 1. The van der Waals surface area contributed by atoms with Crippen molar-refractivity contribution in [3.8, 4) is 0 Å². The Morgan fingerprint density at radius 2 is 2.24 bits per heavy atom. The molecule has 0 saturated carbocycles. The summed E-state index contributed by atoms with van der Waals surface area (Å²) in [6.45, 7) is 0. The van der Waals surface area contributed by atoms with Crippen LogP contribution < -0.4 is 15.8 Å². The van der Waals surface area contributed by atoms with Gasteiger partial charge in [0.05, 0.1) is 16.9 Å². The average Bonchev–Trinajstić information content (AvgIpc) is 2.77. The molecule has 4 N–H and O–H groups in total. The number of benzene rings is 1. The number of sulfonamides is 1. The van der Waals surface area contributed by atoms with Gasteiger partial charge in [-0.3, -0.25) is 10.1 Å². The van der Waals surface area contributed by atoms with Crippen LogP contribution in [0, 0.1) is 10.1 Å². The molecule has 1 aromatic carbocycles. The van der Waals surface area contributed by atoms with Crippen molar-refractivity contribution in [3.63, 3.8) is 0 Å². The van der Waals surface area contributed by atoms with E-state index in [1.807, 2.05) is 0 Å². The molecule has 0 aliphatic carbocycles. The third-order valence-electron chi connectivity index (χ3n) is 2.92. The van der Waals surface area contributed by atoms with Crippen LogP contribution in [-0.2, 0) is 21.2 Å². The molecule has 114 valence electrons. The number of nitro benzene ring substituents is 1. The first kappa shape index (κ1) is 15.0. The maximum absolute atomic E-state index is 11.4. The Labute approximate surface area is 119 Å². The highest BCUT2D eigenvalue weighted by Crippen LogP contribution is 2.36. The lowest BCUT2D eigenvalue weighted by molar-refractivity contribution is -0.384. The summed E-state index contributed by atoms with van der Waals surface area (Å²) in [7, 11) is -2.89. The van der Waals surface area contributed by atoms with Gasteiger partial charge in [0.15, 0.2) is 0 Å². The van der Waals surface area contributed by atoms with Crippen LogP contribution in [0.5, 0.6) is 0 Å². The number of amides is 1. The number of nitrogens with two attached hydrogens (primary N) is 1. The molecule has 0 saturated heterocycles. The van der Waals surface area contributed by atoms with Gasteiger partial charge in [-0.1, -0.05) is 0 Å².